The van der Waals surface area contributed by atoms with Gasteiger partial charge in [0.15, 0.2) is 6.10 Å². The van der Waals surface area contributed by atoms with Gasteiger partial charge in [0.05, 0.1) is 24.5 Å². The molecular formula is C13H17NO5. The van der Waals surface area contributed by atoms with E-state index in [1.165, 1.54) is 4.90 Å². The lowest BCUT2D eigenvalue weighted by molar-refractivity contribution is -0.150. The van der Waals surface area contributed by atoms with E-state index in [0.717, 1.165) is 19.3 Å². The summed E-state index contributed by atoms with van der Waals surface area (Å²) in [5.74, 6) is -1.42. The molecule has 0 aromatic rings. The van der Waals surface area contributed by atoms with E-state index in [4.69, 9.17) is 9.84 Å². The molecule has 104 valence electrons. The third-order valence-corrected chi connectivity index (χ3v) is 4.45. The summed E-state index contributed by atoms with van der Waals surface area (Å²) in [4.78, 5) is 36.4. The van der Waals surface area contributed by atoms with Crippen LogP contribution in [0.3, 0.4) is 0 Å². The molecule has 3 fully saturated rings. The average molecular weight is 267 g/mol. The average Bonchev–Trinajstić information content (AvgIpc) is 3.06. The minimum Gasteiger partial charge on any atom is -0.479 e. The third-order valence-electron chi connectivity index (χ3n) is 4.45. The fourth-order valence-electron chi connectivity index (χ4n) is 3.47. The van der Waals surface area contributed by atoms with Gasteiger partial charge in [-0.15, -0.1) is 0 Å². The first kappa shape index (κ1) is 12.6. The van der Waals surface area contributed by atoms with Crippen LogP contribution in [0.4, 0.5) is 0 Å². The van der Waals surface area contributed by atoms with Crippen molar-refractivity contribution in [1.82, 2.24) is 4.90 Å². The molecule has 1 N–H and O–H groups in total. The lowest BCUT2D eigenvalue weighted by Crippen LogP contribution is -2.38. The Bertz CT molecular complexity index is 413. The maximum atomic E-state index is 12.1. The van der Waals surface area contributed by atoms with Gasteiger partial charge in [0, 0.05) is 0 Å². The summed E-state index contributed by atoms with van der Waals surface area (Å²) in [6, 6.07) is 0. The van der Waals surface area contributed by atoms with E-state index in [9.17, 15) is 14.4 Å². The number of ether oxygens (including phenoxy) is 1. The van der Waals surface area contributed by atoms with Crippen molar-refractivity contribution in [2.75, 3.05) is 6.54 Å². The summed E-state index contributed by atoms with van der Waals surface area (Å²) >= 11 is 0. The van der Waals surface area contributed by atoms with Gasteiger partial charge in [-0.25, -0.2) is 4.79 Å². The summed E-state index contributed by atoms with van der Waals surface area (Å²) in [5, 5.41) is 8.85. The van der Waals surface area contributed by atoms with E-state index in [1.54, 1.807) is 0 Å². The van der Waals surface area contributed by atoms with Crippen molar-refractivity contribution in [2.45, 2.75) is 44.3 Å². The molecular weight excluding hydrogens is 250 g/mol. The van der Waals surface area contributed by atoms with Crippen LogP contribution in [0.1, 0.15) is 32.1 Å². The van der Waals surface area contributed by atoms with E-state index in [-0.39, 0.29) is 36.3 Å². The Morgan fingerprint density at radius 2 is 1.79 bits per heavy atom. The standard InChI is InChI=1S/C13H17NO5/c15-11-8-2-1-3-9(8)12(16)14(11)6-7-4-5-10(19-7)13(17)18/h7-10H,1-6H2,(H,17,18). The number of aliphatic carboxylic acids is 1. The van der Waals surface area contributed by atoms with Gasteiger partial charge in [0.1, 0.15) is 0 Å². The Morgan fingerprint density at radius 3 is 2.32 bits per heavy atom. The Hall–Kier alpha value is -1.43. The Kier molecular flexibility index (Phi) is 3.05. The third kappa shape index (κ3) is 2.04. The van der Waals surface area contributed by atoms with Crippen molar-refractivity contribution in [2.24, 2.45) is 11.8 Å². The molecule has 2 saturated heterocycles. The molecule has 4 unspecified atom stereocenters. The van der Waals surface area contributed by atoms with Crippen LogP contribution in [0.5, 0.6) is 0 Å². The highest BCUT2D eigenvalue weighted by atomic mass is 16.5. The first-order valence-electron chi connectivity index (χ1n) is 6.81. The zero-order chi connectivity index (χ0) is 13.6. The van der Waals surface area contributed by atoms with Crippen LogP contribution in [0.15, 0.2) is 0 Å². The van der Waals surface area contributed by atoms with Crippen LogP contribution >= 0.6 is 0 Å². The van der Waals surface area contributed by atoms with Gasteiger partial charge in [0.2, 0.25) is 11.8 Å². The maximum absolute atomic E-state index is 12.1. The number of nitrogens with zero attached hydrogens (tertiary/aromatic N) is 1. The van der Waals surface area contributed by atoms with Crippen LogP contribution in [-0.4, -0.2) is 46.5 Å². The smallest absolute Gasteiger partial charge is 0.332 e. The van der Waals surface area contributed by atoms with Crippen molar-refractivity contribution in [3.8, 4) is 0 Å². The lowest BCUT2D eigenvalue weighted by Gasteiger charge is -2.20. The van der Waals surface area contributed by atoms with E-state index in [2.05, 4.69) is 0 Å². The number of rotatable bonds is 3. The SMILES string of the molecule is O=C(O)C1CCC(CN2C(=O)C3CCCC3C2=O)O1. The number of likely N-dealkylation sites (tertiary alicyclic amines) is 1. The first-order chi connectivity index (χ1) is 9.08. The normalized spacial score (nSPS) is 38.0. The molecule has 2 aliphatic heterocycles. The van der Waals surface area contributed by atoms with E-state index < -0.39 is 12.1 Å². The second kappa shape index (κ2) is 4.59. The van der Waals surface area contributed by atoms with Crippen molar-refractivity contribution >= 4 is 17.8 Å². The summed E-state index contributed by atoms with van der Waals surface area (Å²) in [5.41, 5.74) is 0. The molecule has 4 atom stereocenters. The molecule has 3 aliphatic rings. The Labute approximate surface area is 110 Å². The maximum Gasteiger partial charge on any atom is 0.332 e. The summed E-state index contributed by atoms with van der Waals surface area (Å²) in [6.07, 6.45) is 2.46. The zero-order valence-corrected chi connectivity index (χ0v) is 10.6. The second-order valence-electron chi connectivity index (χ2n) is 5.59. The first-order valence-corrected chi connectivity index (χ1v) is 6.81. The van der Waals surface area contributed by atoms with Gasteiger partial charge in [-0.2, -0.15) is 0 Å². The molecule has 6 heteroatoms. The highest BCUT2D eigenvalue weighted by molar-refractivity contribution is 6.05. The van der Waals surface area contributed by atoms with Crippen molar-refractivity contribution < 1.29 is 24.2 Å². The van der Waals surface area contributed by atoms with Crippen LogP contribution in [-0.2, 0) is 19.1 Å². The van der Waals surface area contributed by atoms with Gasteiger partial charge in [-0.1, -0.05) is 6.42 Å². The molecule has 3 rings (SSSR count). The van der Waals surface area contributed by atoms with E-state index >= 15 is 0 Å². The van der Waals surface area contributed by atoms with Gasteiger partial charge >= 0.3 is 5.97 Å². The van der Waals surface area contributed by atoms with Gasteiger partial charge in [0.25, 0.3) is 0 Å². The number of carboxylic acids is 1. The van der Waals surface area contributed by atoms with Crippen molar-refractivity contribution in [3.63, 3.8) is 0 Å². The number of amides is 2. The molecule has 2 heterocycles. The number of hydrogen-bond acceptors (Lipinski definition) is 4. The van der Waals surface area contributed by atoms with Gasteiger partial charge in [-0.3, -0.25) is 14.5 Å². The summed E-state index contributed by atoms with van der Waals surface area (Å²) < 4.78 is 5.36. The number of imide groups is 1. The predicted octanol–water partition coefficient (Wildman–Crippen LogP) is 0.404. The van der Waals surface area contributed by atoms with Crippen LogP contribution in [0.25, 0.3) is 0 Å². The van der Waals surface area contributed by atoms with Crippen molar-refractivity contribution in [1.29, 1.82) is 0 Å². The molecule has 19 heavy (non-hydrogen) atoms. The topological polar surface area (TPSA) is 83.9 Å². The number of fused-ring (bicyclic) bond motifs is 1. The van der Waals surface area contributed by atoms with Crippen molar-refractivity contribution in [3.05, 3.63) is 0 Å². The number of carbonyl (C=O) groups excluding carboxylic acids is 2. The fraction of sp³-hybridized carbons (Fsp3) is 0.769. The molecule has 0 spiro atoms. The van der Waals surface area contributed by atoms with Crippen LogP contribution in [0.2, 0.25) is 0 Å². The molecule has 1 saturated carbocycles. The molecule has 0 bridgehead atoms. The van der Waals surface area contributed by atoms with Crippen LogP contribution < -0.4 is 0 Å². The van der Waals surface area contributed by atoms with Gasteiger partial charge < -0.3 is 9.84 Å². The van der Waals surface area contributed by atoms with E-state index in [0.29, 0.717) is 12.8 Å². The second-order valence-corrected chi connectivity index (χ2v) is 5.59. The highest BCUT2D eigenvalue weighted by Crippen LogP contribution is 2.40. The quantitative estimate of drug-likeness (QED) is 0.748. The molecule has 1 aliphatic carbocycles. The molecule has 2 amide bonds. The van der Waals surface area contributed by atoms with E-state index in [1.807, 2.05) is 0 Å². The van der Waals surface area contributed by atoms with Crippen LogP contribution in [0, 0.1) is 11.8 Å². The zero-order valence-electron chi connectivity index (χ0n) is 10.6. The fourth-order valence-corrected chi connectivity index (χ4v) is 3.47. The molecule has 0 radical (unpaired) electrons. The summed E-state index contributed by atoms with van der Waals surface area (Å²) in [6.45, 7) is 0.217. The largest absolute Gasteiger partial charge is 0.479 e. The number of carbonyl (C=O) groups is 3. The predicted molar refractivity (Wildman–Crippen MR) is 63.1 cm³/mol. The Balaban J connectivity index is 1.63. The van der Waals surface area contributed by atoms with Gasteiger partial charge in [-0.05, 0) is 25.7 Å². The minimum absolute atomic E-state index is 0.0881. The lowest BCUT2D eigenvalue weighted by atomic mass is 10.00. The monoisotopic (exact) mass is 267 g/mol. The summed E-state index contributed by atoms with van der Waals surface area (Å²) in [7, 11) is 0. The Morgan fingerprint density at radius 1 is 1.16 bits per heavy atom. The molecule has 0 aromatic carbocycles. The molecule has 6 nitrogen and oxygen atoms in total. The number of hydrogen-bond donors (Lipinski definition) is 1. The molecule has 0 aromatic heterocycles. The number of carboxylic acid groups (broad SMARTS) is 1. The minimum atomic E-state index is -0.974. The highest BCUT2D eigenvalue weighted by Gasteiger charge is 2.50.